The quantitative estimate of drug-likeness (QED) is 0.827. The summed E-state index contributed by atoms with van der Waals surface area (Å²) < 4.78 is 19.5. The fourth-order valence-corrected chi connectivity index (χ4v) is 2.52. The molecule has 112 valence electrons. The number of benzene rings is 2. The van der Waals surface area contributed by atoms with Crippen LogP contribution in [0, 0.1) is 5.82 Å². The third kappa shape index (κ3) is 4.05. The molecule has 1 unspecified atom stereocenters. The summed E-state index contributed by atoms with van der Waals surface area (Å²) in [5, 5.41) is 3.37. The maximum Gasteiger partial charge on any atom is 0.169 e. The van der Waals surface area contributed by atoms with Crippen molar-refractivity contribution in [3.8, 4) is 5.75 Å². The van der Waals surface area contributed by atoms with Gasteiger partial charge in [-0.25, -0.2) is 4.39 Å². The van der Waals surface area contributed by atoms with E-state index >= 15 is 0 Å². The number of ether oxygens (including phenoxy) is 1. The zero-order valence-corrected chi connectivity index (χ0v) is 12.6. The van der Waals surface area contributed by atoms with E-state index in [2.05, 4.69) is 17.4 Å². The molecule has 0 spiro atoms. The second-order valence-electron chi connectivity index (χ2n) is 5.00. The minimum absolute atomic E-state index is 0.00898. The Balaban J connectivity index is 2.15. The average Bonchev–Trinajstić information content (AvgIpc) is 2.53. The second-order valence-corrected chi connectivity index (χ2v) is 5.00. The Morgan fingerprint density at radius 1 is 1.10 bits per heavy atom. The lowest BCUT2D eigenvalue weighted by Gasteiger charge is -2.20. The first-order valence-corrected chi connectivity index (χ1v) is 7.36. The molecule has 0 aliphatic heterocycles. The first-order chi connectivity index (χ1) is 10.3. The fourth-order valence-electron chi connectivity index (χ4n) is 2.52. The number of nitrogens with one attached hydrogen (secondary N) is 1. The smallest absolute Gasteiger partial charge is 0.169 e. The topological polar surface area (TPSA) is 21.3 Å². The van der Waals surface area contributed by atoms with Crippen molar-refractivity contribution in [2.45, 2.75) is 25.8 Å². The molecule has 0 aliphatic carbocycles. The number of methoxy groups -OCH3 is 1. The number of hydrogen-bond donors (Lipinski definition) is 1. The van der Waals surface area contributed by atoms with E-state index in [0.29, 0.717) is 11.3 Å². The Morgan fingerprint density at radius 3 is 2.52 bits per heavy atom. The van der Waals surface area contributed by atoms with Crippen molar-refractivity contribution in [3.05, 3.63) is 65.5 Å². The van der Waals surface area contributed by atoms with E-state index in [-0.39, 0.29) is 11.9 Å². The van der Waals surface area contributed by atoms with Gasteiger partial charge in [-0.2, -0.15) is 0 Å². The van der Waals surface area contributed by atoms with Gasteiger partial charge in [0.25, 0.3) is 0 Å². The highest BCUT2D eigenvalue weighted by molar-refractivity contribution is 5.33. The van der Waals surface area contributed by atoms with Crippen molar-refractivity contribution in [3.63, 3.8) is 0 Å². The van der Waals surface area contributed by atoms with Crippen LogP contribution in [0.4, 0.5) is 4.39 Å². The van der Waals surface area contributed by atoms with Crippen LogP contribution in [0.25, 0.3) is 0 Å². The van der Waals surface area contributed by atoms with Crippen LogP contribution in [0.5, 0.6) is 5.75 Å². The SMILES string of the molecule is CCNC(CCc1ccccc1)c1cccc(OC)c1F. The molecule has 1 N–H and O–H groups in total. The van der Waals surface area contributed by atoms with Gasteiger partial charge in [0, 0.05) is 11.6 Å². The first-order valence-electron chi connectivity index (χ1n) is 7.36. The molecular weight excluding hydrogens is 265 g/mol. The monoisotopic (exact) mass is 287 g/mol. The van der Waals surface area contributed by atoms with Gasteiger partial charge in [-0.1, -0.05) is 49.4 Å². The van der Waals surface area contributed by atoms with Crippen molar-refractivity contribution < 1.29 is 9.13 Å². The molecule has 21 heavy (non-hydrogen) atoms. The summed E-state index contributed by atoms with van der Waals surface area (Å²) in [5.74, 6) is 0.0362. The van der Waals surface area contributed by atoms with E-state index in [9.17, 15) is 4.39 Å². The van der Waals surface area contributed by atoms with Crippen molar-refractivity contribution in [1.82, 2.24) is 5.32 Å². The van der Waals surface area contributed by atoms with Crippen LogP contribution in [0.15, 0.2) is 48.5 Å². The molecule has 0 saturated heterocycles. The third-order valence-electron chi connectivity index (χ3n) is 3.60. The summed E-state index contributed by atoms with van der Waals surface area (Å²) in [6.07, 6.45) is 1.76. The lowest BCUT2D eigenvalue weighted by Crippen LogP contribution is -2.22. The molecule has 2 aromatic rings. The zero-order valence-electron chi connectivity index (χ0n) is 12.6. The van der Waals surface area contributed by atoms with Gasteiger partial charge in [0.05, 0.1) is 7.11 Å². The van der Waals surface area contributed by atoms with E-state index in [4.69, 9.17) is 4.74 Å². The molecule has 0 bridgehead atoms. The van der Waals surface area contributed by atoms with Crippen LogP contribution >= 0.6 is 0 Å². The highest BCUT2D eigenvalue weighted by Crippen LogP contribution is 2.27. The van der Waals surface area contributed by atoms with E-state index in [0.717, 1.165) is 19.4 Å². The summed E-state index contributed by atoms with van der Waals surface area (Å²) in [5.41, 5.74) is 1.94. The number of rotatable bonds is 7. The Bertz CT molecular complexity index is 556. The van der Waals surface area contributed by atoms with Gasteiger partial charge in [-0.3, -0.25) is 0 Å². The lowest BCUT2D eigenvalue weighted by molar-refractivity contribution is 0.378. The van der Waals surface area contributed by atoms with Gasteiger partial charge >= 0.3 is 0 Å². The predicted molar refractivity (Wildman–Crippen MR) is 84.1 cm³/mol. The molecule has 0 aromatic heterocycles. The highest BCUT2D eigenvalue weighted by atomic mass is 19.1. The molecule has 1 atom stereocenters. The molecule has 2 nitrogen and oxygen atoms in total. The minimum atomic E-state index is -0.265. The third-order valence-corrected chi connectivity index (χ3v) is 3.60. The zero-order chi connectivity index (χ0) is 15.1. The molecule has 0 amide bonds. The maximum absolute atomic E-state index is 14.4. The molecule has 0 heterocycles. The molecule has 2 aromatic carbocycles. The summed E-state index contributed by atoms with van der Waals surface area (Å²) >= 11 is 0. The molecule has 0 aliphatic rings. The second kappa shape index (κ2) is 7.79. The Morgan fingerprint density at radius 2 is 1.86 bits per heavy atom. The molecule has 2 rings (SSSR count). The van der Waals surface area contributed by atoms with Crippen LogP contribution in [-0.4, -0.2) is 13.7 Å². The van der Waals surface area contributed by atoms with Crippen LogP contribution in [-0.2, 0) is 6.42 Å². The van der Waals surface area contributed by atoms with Gasteiger partial charge in [0.2, 0.25) is 0 Å². The summed E-state index contributed by atoms with van der Waals surface area (Å²) in [6, 6.07) is 15.6. The minimum Gasteiger partial charge on any atom is -0.494 e. The highest BCUT2D eigenvalue weighted by Gasteiger charge is 2.17. The van der Waals surface area contributed by atoms with E-state index in [1.165, 1.54) is 12.7 Å². The van der Waals surface area contributed by atoms with E-state index in [1.807, 2.05) is 37.3 Å². The molecule has 0 fully saturated rings. The number of hydrogen-bond acceptors (Lipinski definition) is 2. The largest absolute Gasteiger partial charge is 0.494 e. The summed E-state index contributed by atoms with van der Waals surface area (Å²) in [4.78, 5) is 0. The molecule has 0 saturated carbocycles. The Kier molecular flexibility index (Phi) is 5.76. The number of aryl methyl sites for hydroxylation is 1. The van der Waals surface area contributed by atoms with E-state index < -0.39 is 0 Å². The number of halogens is 1. The standard InChI is InChI=1S/C18H22FNO/c1-3-20-16(13-12-14-8-5-4-6-9-14)15-10-7-11-17(21-2)18(15)19/h4-11,16,20H,3,12-13H2,1-2H3. The van der Waals surface area contributed by atoms with Crippen molar-refractivity contribution in [1.29, 1.82) is 0 Å². The van der Waals surface area contributed by atoms with Gasteiger partial charge in [-0.05, 0) is 31.0 Å². The summed E-state index contributed by atoms with van der Waals surface area (Å²) in [7, 11) is 1.49. The molecular formula is C18H22FNO. The van der Waals surface area contributed by atoms with Crippen LogP contribution in [0.1, 0.15) is 30.5 Å². The van der Waals surface area contributed by atoms with Crippen molar-refractivity contribution in [2.75, 3.05) is 13.7 Å². The fraction of sp³-hybridized carbons (Fsp3) is 0.333. The Hall–Kier alpha value is -1.87. The average molecular weight is 287 g/mol. The van der Waals surface area contributed by atoms with Crippen LogP contribution in [0.3, 0.4) is 0 Å². The van der Waals surface area contributed by atoms with Gasteiger partial charge in [0.15, 0.2) is 11.6 Å². The maximum atomic E-state index is 14.4. The first kappa shape index (κ1) is 15.5. The lowest BCUT2D eigenvalue weighted by atomic mass is 9.98. The molecule has 3 heteroatoms. The molecule has 0 radical (unpaired) electrons. The van der Waals surface area contributed by atoms with Crippen LogP contribution in [0.2, 0.25) is 0 Å². The van der Waals surface area contributed by atoms with Crippen molar-refractivity contribution in [2.24, 2.45) is 0 Å². The van der Waals surface area contributed by atoms with E-state index in [1.54, 1.807) is 6.07 Å². The van der Waals surface area contributed by atoms with Gasteiger partial charge < -0.3 is 10.1 Å². The van der Waals surface area contributed by atoms with Crippen molar-refractivity contribution >= 4 is 0 Å². The predicted octanol–water partition coefficient (Wildman–Crippen LogP) is 4.12. The summed E-state index contributed by atoms with van der Waals surface area (Å²) in [6.45, 7) is 2.84. The van der Waals surface area contributed by atoms with Gasteiger partial charge in [-0.15, -0.1) is 0 Å². The Labute approximate surface area is 126 Å². The van der Waals surface area contributed by atoms with Crippen LogP contribution < -0.4 is 10.1 Å². The normalized spacial score (nSPS) is 12.1. The van der Waals surface area contributed by atoms with Gasteiger partial charge in [0.1, 0.15) is 0 Å².